The molecular formula is C21H30N2O5S. The third-order valence-corrected chi connectivity index (χ3v) is 7.82. The summed E-state index contributed by atoms with van der Waals surface area (Å²) in [5.74, 6) is -0.946. The smallest absolute Gasteiger partial charge is 0.338 e. The summed E-state index contributed by atoms with van der Waals surface area (Å²) in [4.78, 5) is 24.7. The highest BCUT2D eigenvalue weighted by Crippen LogP contribution is 2.25. The van der Waals surface area contributed by atoms with Crippen LogP contribution in [0.2, 0.25) is 0 Å². The summed E-state index contributed by atoms with van der Waals surface area (Å²) in [6.07, 6.45) is 5.95. The van der Waals surface area contributed by atoms with Crippen LogP contribution in [0.5, 0.6) is 0 Å². The van der Waals surface area contributed by atoms with Crippen LogP contribution >= 0.6 is 0 Å². The van der Waals surface area contributed by atoms with E-state index in [2.05, 4.69) is 5.32 Å². The first-order valence-corrected chi connectivity index (χ1v) is 11.9. The predicted octanol–water partition coefficient (Wildman–Crippen LogP) is 2.85. The Morgan fingerprint density at radius 1 is 1.07 bits per heavy atom. The molecule has 160 valence electrons. The number of sulfonamides is 1. The topological polar surface area (TPSA) is 92.8 Å². The van der Waals surface area contributed by atoms with Gasteiger partial charge in [0.05, 0.1) is 10.5 Å². The first kappa shape index (κ1) is 21.8. The quantitative estimate of drug-likeness (QED) is 0.712. The van der Waals surface area contributed by atoms with Crippen molar-refractivity contribution in [1.82, 2.24) is 9.62 Å². The number of esters is 1. The van der Waals surface area contributed by atoms with Crippen LogP contribution < -0.4 is 5.32 Å². The lowest BCUT2D eigenvalue weighted by Gasteiger charge is -2.32. The zero-order valence-electron chi connectivity index (χ0n) is 17.1. The number of hydrogen-bond donors (Lipinski definition) is 1. The van der Waals surface area contributed by atoms with Crippen LogP contribution in [0.1, 0.15) is 69.2 Å². The van der Waals surface area contributed by atoms with Gasteiger partial charge in [0, 0.05) is 18.6 Å². The van der Waals surface area contributed by atoms with E-state index in [0.29, 0.717) is 6.54 Å². The van der Waals surface area contributed by atoms with Gasteiger partial charge >= 0.3 is 5.97 Å². The van der Waals surface area contributed by atoms with E-state index in [4.69, 9.17) is 4.74 Å². The number of carbonyl (C=O) groups is 2. The summed E-state index contributed by atoms with van der Waals surface area (Å²) in [5, 5.41) is 2.90. The molecule has 1 aliphatic heterocycles. The number of rotatable bonds is 6. The fourth-order valence-electron chi connectivity index (χ4n) is 4.00. The highest BCUT2D eigenvalue weighted by molar-refractivity contribution is 7.89. The molecule has 0 radical (unpaired) electrons. The van der Waals surface area contributed by atoms with Gasteiger partial charge in [-0.2, -0.15) is 4.31 Å². The molecule has 2 aliphatic rings. The van der Waals surface area contributed by atoms with E-state index >= 15 is 0 Å². The minimum atomic E-state index is -3.59. The van der Waals surface area contributed by atoms with E-state index in [9.17, 15) is 18.0 Å². The molecule has 29 heavy (non-hydrogen) atoms. The standard InChI is InChI=1S/C21H30N2O5S/c1-15-7-5-6-14-23(15)29(26,27)19-12-10-17(11-13-19)21(25)28-16(2)20(24)22-18-8-3-4-9-18/h10-13,15-16,18H,3-9,14H2,1-2H3,(H,22,24)/t15-,16-/m0/s1. The van der Waals surface area contributed by atoms with Crippen molar-refractivity contribution in [3.63, 3.8) is 0 Å². The van der Waals surface area contributed by atoms with Crippen molar-refractivity contribution >= 4 is 21.9 Å². The molecule has 8 heteroatoms. The molecule has 7 nitrogen and oxygen atoms in total. The Kier molecular flexibility index (Phi) is 6.95. The van der Waals surface area contributed by atoms with Crippen molar-refractivity contribution in [3.8, 4) is 0 Å². The molecule has 1 amide bonds. The second-order valence-electron chi connectivity index (χ2n) is 8.02. The summed E-state index contributed by atoms with van der Waals surface area (Å²) in [5.41, 5.74) is 0.219. The van der Waals surface area contributed by atoms with Crippen molar-refractivity contribution in [2.45, 2.75) is 81.9 Å². The van der Waals surface area contributed by atoms with Gasteiger partial charge in [-0.1, -0.05) is 19.3 Å². The largest absolute Gasteiger partial charge is 0.449 e. The van der Waals surface area contributed by atoms with Crippen LogP contribution in [-0.4, -0.2) is 49.3 Å². The monoisotopic (exact) mass is 422 g/mol. The second kappa shape index (κ2) is 9.26. The lowest BCUT2D eigenvalue weighted by molar-refractivity contribution is -0.129. The lowest BCUT2D eigenvalue weighted by atomic mass is 10.1. The van der Waals surface area contributed by atoms with Gasteiger partial charge < -0.3 is 10.1 Å². The molecule has 1 heterocycles. The van der Waals surface area contributed by atoms with Crippen LogP contribution in [0.3, 0.4) is 0 Å². The maximum absolute atomic E-state index is 12.9. The second-order valence-corrected chi connectivity index (χ2v) is 9.91. The highest BCUT2D eigenvalue weighted by atomic mass is 32.2. The predicted molar refractivity (Wildman–Crippen MR) is 109 cm³/mol. The van der Waals surface area contributed by atoms with Crippen LogP contribution in [0.4, 0.5) is 0 Å². The molecule has 2 atom stereocenters. The van der Waals surface area contributed by atoms with E-state index in [1.807, 2.05) is 6.92 Å². The molecule has 1 N–H and O–H groups in total. The van der Waals surface area contributed by atoms with Gasteiger partial charge in [-0.15, -0.1) is 0 Å². The summed E-state index contributed by atoms with van der Waals surface area (Å²) in [7, 11) is -3.59. The number of benzene rings is 1. The first-order valence-electron chi connectivity index (χ1n) is 10.4. The van der Waals surface area contributed by atoms with Gasteiger partial charge in [-0.25, -0.2) is 13.2 Å². The minimum Gasteiger partial charge on any atom is -0.449 e. The third-order valence-electron chi connectivity index (χ3n) is 5.79. The Labute approximate surface area is 172 Å². The Hall–Kier alpha value is -1.93. The lowest BCUT2D eigenvalue weighted by Crippen LogP contribution is -2.41. The maximum atomic E-state index is 12.9. The molecular weight excluding hydrogens is 392 g/mol. The van der Waals surface area contributed by atoms with Crippen LogP contribution in [0, 0.1) is 0 Å². The first-order chi connectivity index (χ1) is 13.8. The van der Waals surface area contributed by atoms with Gasteiger partial charge in [0.2, 0.25) is 10.0 Å². The normalized spacial score (nSPS) is 22.2. The Balaban J connectivity index is 1.61. The van der Waals surface area contributed by atoms with Crippen molar-refractivity contribution in [3.05, 3.63) is 29.8 Å². The summed E-state index contributed by atoms with van der Waals surface area (Å²) in [6.45, 7) is 3.97. The summed E-state index contributed by atoms with van der Waals surface area (Å²) < 4.78 is 32.5. The van der Waals surface area contributed by atoms with E-state index in [-0.39, 0.29) is 28.4 Å². The van der Waals surface area contributed by atoms with Gasteiger partial charge in [0.1, 0.15) is 0 Å². The minimum absolute atomic E-state index is 0.0300. The molecule has 2 fully saturated rings. The molecule has 1 aromatic rings. The zero-order valence-corrected chi connectivity index (χ0v) is 17.9. The molecule has 1 saturated heterocycles. The number of nitrogens with zero attached hydrogens (tertiary/aromatic N) is 1. The van der Waals surface area contributed by atoms with E-state index in [1.165, 1.54) is 28.6 Å². The van der Waals surface area contributed by atoms with Crippen LogP contribution in [0.15, 0.2) is 29.2 Å². The summed E-state index contributed by atoms with van der Waals surface area (Å²) in [6, 6.07) is 5.85. The Morgan fingerprint density at radius 2 is 1.69 bits per heavy atom. The zero-order chi connectivity index (χ0) is 21.0. The van der Waals surface area contributed by atoms with Crippen molar-refractivity contribution in [2.75, 3.05) is 6.54 Å². The number of nitrogens with one attached hydrogen (secondary N) is 1. The maximum Gasteiger partial charge on any atom is 0.338 e. The third kappa shape index (κ3) is 5.17. The number of carbonyl (C=O) groups excluding carboxylic acids is 2. The number of amides is 1. The van der Waals surface area contributed by atoms with Gasteiger partial charge in [-0.3, -0.25) is 4.79 Å². The fraction of sp³-hybridized carbons (Fsp3) is 0.619. The van der Waals surface area contributed by atoms with Crippen molar-refractivity contribution < 1.29 is 22.7 Å². The molecule has 1 saturated carbocycles. The molecule has 1 aromatic carbocycles. The fourth-order valence-corrected chi connectivity index (χ4v) is 5.70. The van der Waals surface area contributed by atoms with Crippen LogP contribution in [-0.2, 0) is 19.6 Å². The molecule has 3 rings (SSSR count). The molecule has 0 spiro atoms. The molecule has 0 bridgehead atoms. The molecule has 0 unspecified atom stereocenters. The van der Waals surface area contributed by atoms with E-state index in [1.54, 1.807) is 6.92 Å². The number of hydrogen-bond acceptors (Lipinski definition) is 5. The van der Waals surface area contributed by atoms with Crippen LogP contribution in [0.25, 0.3) is 0 Å². The Morgan fingerprint density at radius 3 is 2.31 bits per heavy atom. The SMILES string of the molecule is C[C@H](OC(=O)c1ccc(S(=O)(=O)N2CCCC[C@@H]2C)cc1)C(=O)NC1CCCC1. The van der Waals surface area contributed by atoms with E-state index < -0.39 is 22.1 Å². The summed E-state index contributed by atoms with van der Waals surface area (Å²) >= 11 is 0. The average Bonchev–Trinajstić information content (AvgIpc) is 3.21. The van der Waals surface area contributed by atoms with Crippen molar-refractivity contribution in [1.29, 1.82) is 0 Å². The van der Waals surface area contributed by atoms with E-state index in [0.717, 1.165) is 44.9 Å². The Bertz CT molecular complexity index is 831. The molecule has 0 aromatic heterocycles. The van der Waals surface area contributed by atoms with Crippen molar-refractivity contribution in [2.24, 2.45) is 0 Å². The van der Waals surface area contributed by atoms with Gasteiger partial charge in [0.25, 0.3) is 5.91 Å². The number of ether oxygens (including phenoxy) is 1. The number of piperidine rings is 1. The molecule has 1 aliphatic carbocycles. The van der Waals surface area contributed by atoms with Gasteiger partial charge in [-0.05, 0) is 63.8 Å². The van der Waals surface area contributed by atoms with Gasteiger partial charge in [0.15, 0.2) is 6.10 Å². The highest BCUT2D eigenvalue weighted by Gasteiger charge is 2.31. The average molecular weight is 423 g/mol.